The fourth-order valence-electron chi connectivity index (χ4n) is 2.81. The number of hydrogen-bond donors (Lipinski definition) is 7. The number of carbonyl (C=O) groups is 4. The van der Waals surface area contributed by atoms with E-state index in [2.05, 4.69) is 33.9 Å². The number of aliphatic hydroxyl groups excluding tert-OH is 1. The van der Waals surface area contributed by atoms with Crippen LogP contribution < -0.4 is 21.3 Å². The molecule has 1 fully saturated rings. The van der Waals surface area contributed by atoms with Gasteiger partial charge in [0.05, 0.1) is 12.6 Å². The molecule has 28 heavy (non-hydrogen) atoms. The van der Waals surface area contributed by atoms with Gasteiger partial charge in [0.15, 0.2) is 0 Å². The van der Waals surface area contributed by atoms with E-state index in [1.165, 1.54) is 0 Å². The highest BCUT2D eigenvalue weighted by Crippen LogP contribution is 2.09. The van der Waals surface area contributed by atoms with Crippen LogP contribution in [0, 0.1) is 5.92 Å². The van der Waals surface area contributed by atoms with E-state index in [1.807, 2.05) is 13.8 Å². The lowest BCUT2D eigenvalue weighted by Crippen LogP contribution is -2.58. The molecule has 4 atom stereocenters. The fraction of sp³-hybridized carbons (Fsp3) is 0.765. The van der Waals surface area contributed by atoms with Crippen LogP contribution in [-0.2, 0) is 19.2 Å². The van der Waals surface area contributed by atoms with E-state index in [-0.39, 0.29) is 23.6 Å². The summed E-state index contributed by atoms with van der Waals surface area (Å²) in [5, 5.41) is 28.4. The third-order valence-electron chi connectivity index (χ3n) is 4.33. The van der Waals surface area contributed by atoms with Gasteiger partial charge in [-0.15, -0.1) is 0 Å². The Kier molecular flexibility index (Phi) is 10.3. The van der Waals surface area contributed by atoms with Crippen LogP contribution in [0.5, 0.6) is 0 Å². The SMILES string of the molecule is CC(C)CC(NC(=O)C1CCCN1)C(=O)NC(CS)C(=O)NC(CO)C(=O)O. The van der Waals surface area contributed by atoms with Gasteiger partial charge < -0.3 is 31.5 Å². The minimum absolute atomic E-state index is 0.0815. The molecular formula is C17H30N4O6S. The van der Waals surface area contributed by atoms with Crippen molar-refractivity contribution in [2.75, 3.05) is 18.9 Å². The lowest BCUT2D eigenvalue weighted by molar-refractivity contribution is -0.143. The number of thiol groups is 1. The van der Waals surface area contributed by atoms with Crippen LogP contribution in [0.3, 0.4) is 0 Å². The first kappa shape index (κ1) is 24.2. The monoisotopic (exact) mass is 418 g/mol. The average Bonchev–Trinajstić information content (AvgIpc) is 3.17. The molecule has 0 radical (unpaired) electrons. The summed E-state index contributed by atoms with van der Waals surface area (Å²) in [6.45, 7) is 3.77. The maximum absolute atomic E-state index is 12.7. The maximum atomic E-state index is 12.7. The van der Waals surface area contributed by atoms with E-state index >= 15 is 0 Å². The van der Waals surface area contributed by atoms with Gasteiger partial charge in [0, 0.05) is 5.75 Å². The number of rotatable bonds is 11. The number of carboxylic acids is 1. The summed E-state index contributed by atoms with van der Waals surface area (Å²) in [7, 11) is 0. The standard InChI is InChI=1S/C17H30N4O6S/c1-9(2)6-11(19-14(23)10-4-3-5-18-10)15(24)21-13(8-28)16(25)20-12(7-22)17(26)27/h9-13,18,22,28H,3-8H2,1-2H3,(H,19,23)(H,20,25)(H,21,24)(H,26,27). The second-order valence-corrected chi connectivity index (χ2v) is 7.53. The number of carbonyl (C=O) groups excluding carboxylic acids is 3. The molecule has 1 aliphatic rings. The Bertz CT molecular complexity index is 568. The largest absolute Gasteiger partial charge is 0.480 e. The van der Waals surface area contributed by atoms with Crippen molar-refractivity contribution in [3.8, 4) is 0 Å². The lowest BCUT2D eigenvalue weighted by Gasteiger charge is -2.25. The van der Waals surface area contributed by atoms with Crippen LogP contribution in [-0.4, -0.2) is 77.0 Å². The first-order valence-corrected chi connectivity index (χ1v) is 9.91. The van der Waals surface area contributed by atoms with Gasteiger partial charge in [-0.25, -0.2) is 4.79 Å². The van der Waals surface area contributed by atoms with Crippen LogP contribution >= 0.6 is 12.6 Å². The molecule has 1 rings (SSSR count). The number of hydrogen-bond acceptors (Lipinski definition) is 7. The first-order valence-electron chi connectivity index (χ1n) is 9.28. The highest BCUT2D eigenvalue weighted by molar-refractivity contribution is 7.80. The molecule has 11 heteroatoms. The molecule has 10 nitrogen and oxygen atoms in total. The second kappa shape index (κ2) is 11.9. The summed E-state index contributed by atoms with van der Waals surface area (Å²) in [6, 6.07) is -3.77. The zero-order valence-electron chi connectivity index (χ0n) is 16.1. The normalized spacial score (nSPS) is 19.5. The molecule has 1 heterocycles. The van der Waals surface area contributed by atoms with Crippen LogP contribution in [0.1, 0.15) is 33.1 Å². The molecular weight excluding hydrogens is 388 g/mol. The van der Waals surface area contributed by atoms with Crippen molar-refractivity contribution in [2.24, 2.45) is 5.92 Å². The molecule has 0 aromatic rings. The van der Waals surface area contributed by atoms with Gasteiger partial charge in [-0.05, 0) is 31.7 Å². The highest BCUT2D eigenvalue weighted by Gasteiger charge is 2.31. The van der Waals surface area contributed by atoms with E-state index in [0.717, 1.165) is 13.0 Å². The quantitative estimate of drug-likeness (QED) is 0.196. The lowest BCUT2D eigenvalue weighted by atomic mass is 10.0. The molecule has 0 aromatic heterocycles. The minimum atomic E-state index is -1.48. The summed E-state index contributed by atoms with van der Waals surface area (Å²) in [5.74, 6) is -2.96. The molecule has 0 saturated carbocycles. The summed E-state index contributed by atoms with van der Waals surface area (Å²) in [5.41, 5.74) is 0. The number of carboxylic acid groups (broad SMARTS) is 1. The highest BCUT2D eigenvalue weighted by atomic mass is 32.1. The summed E-state index contributed by atoms with van der Waals surface area (Å²) in [6.07, 6.45) is 1.96. The Labute approximate surface area is 169 Å². The van der Waals surface area contributed by atoms with Gasteiger partial charge in [0.25, 0.3) is 0 Å². The summed E-state index contributed by atoms with van der Waals surface area (Å²) >= 11 is 4.03. The summed E-state index contributed by atoms with van der Waals surface area (Å²) < 4.78 is 0. The molecule has 6 N–H and O–H groups in total. The predicted molar refractivity (Wildman–Crippen MR) is 105 cm³/mol. The van der Waals surface area contributed by atoms with E-state index < -0.39 is 42.5 Å². The second-order valence-electron chi connectivity index (χ2n) is 7.17. The van der Waals surface area contributed by atoms with Gasteiger partial charge in [0.2, 0.25) is 17.7 Å². The zero-order chi connectivity index (χ0) is 21.3. The van der Waals surface area contributed by atoms with Crippen LogP contribution in [0.15, 0.2) is 0 Å². The Hall–Kier alpha value is -1.85. The molecule has 0 aliphatic carbocycles. The van der Waals surface area contributed by atoms with Gasteiger partial charge >= 0.3 is 5.97 Å². The Balaban J connectivity index is 2.75. The number of aliphatic hydroxyl groups is 1. The van der Waals surface area contributed by atoms with Crippen molar-refractivity contribution < 1.29 is 29.4 Å². The van der Waals surface area contributed by atoms with Crippen molar-refractivity contribution in [3.63, 3.8) is 0 Å². The number of amides is 3. The minimum Gasteiger partial charge on any atom is -0.480 e. The molecule has 3 amide bonds. The molecule has 0 bridgehead atoms. The molecule has 160 valence electrons. The van der Waals surface area contributed by atoms with E-state index in [0.29, 0.717) is 12.8 Å². The molecule has 1 saturated heterocycles. The first-order chi connectivity index (χ1) is 13.2. The van der Waals surface area contributed by atoms with Crippen molar-refractivity contribution >= 4 is 36.3 Å². The zero-order valence-corrected chi connectivity index (χ0v) is 17.0. The van der Waals surface area contributed by atoms with Crippen LogP contribution in [0.4, 0.5) is 0 Å². The van der Waals surface area contributed by atoms with Gasteiger partial charge in [0.1, 0.15) is 18.1 Å². The number of aliphatic carboxylic acids is 1. The Morgan fingerprint density at radius 1 is 1.07 bits per heavy atom. The van der Waals surface area contributed by atoms with Crippen molar-refractivity contribution in [1.82, 2.24) is 21.3 Å². The van der Waals surface area contributed by atoms with E-state index in [4.69, 9.17) is 10.2 Å². The predicted octanol–water partition coefficient (Wildman–Crippen LogP) is -1.75. The third-order valence-corrected chi connectivity index (χ3v) is 4.69. The Morgan fingerprint density at radius 2 is 1.68 bits per heavy atom. The average molecular weight is 419 g/mol. The van der Waals surface area contributed by atoms with Crippen molar-refractivity contribution in [3.05, 3.63) is 0 Å². The molecule has 0 aromatic carbocycles. The van der Waals surface area contributed by atoms with Crippen molar-refractivity contribution in [1.29, 1.82) is 0 Å². The molecule has 1 aliphatic heterocycles. The van der Waals surface area contributed by atoms with Gasteiger partial charge in [-0.2, -0.15) is 12.6 Å². The number of nitrogens with one attached hydrogen (secondary N) is 4. The van der Waals surface area contributed by atoms with Crippen molar-refractivity contribution in [2.45, 2.75) is 57.3 Å². The smallest absolute Gasteiger partial charge is 0.328 e. The van der Waals surface area contributed by atoms with Gasteiger partial charge in [-0.1, -0.05) is 13.8 Å². The van der Waals surface area contributed by atoms with Gasteiger partial charge in [-0.3, -0.25) is 14.4 Å². The van der Waals surface area contributed by atoms with E-state index in [9.17, 15) is 19.2 Å². The Morgan fingerprint density at radius 3 is 2.14 bits per heavy atom. The van der Waals surface area contributed by atoms with E-state index in [1.54, 1.807) is 0 Å². The fourth-order valence-corrected chi connectivity index (χ4v) is 3.06. The maximum Gasteiger partial charge on any atom is 0.328 e. The molecule has 0 spiro atoms. The third kappa shape index (κ3) is 7.64. The molecule has 4 unspecified atom stereocenters. The summed E-state index contributed by atoms with van der Waals surface area (Å²) in [4.78, 5) is 48.2. The topological polar surface area (TPSA) is 157 Å². The van der Waals surface area contributed by atoms with Crippen LogP contribution in [0.2, 0.25) is 0 Å². The van der Waals surface area contributed by atoms with Crippen LogP contribution in [0.25, 0.3) is 0 Å².